The first-order valence-corrected chi connectivity index (χ1v) is 6.67. The molecule has 0 aliphatic rings. The van der Waals surface area contributed by atoms with E-state index < -0.39 is 0 Å². The number of benzene rings is 2. The SMILES string of the molecule is COc1ccc(NC(=O)c2ccc(Br)cc2)cc1Cl. The van der Waals surface area contributed by atoms with Crippen molar-refractivity contribution in [3.05, 3.63) is 57.5 Å². The summed E-state index contributed by atoms with van der Waals surface area (Å²) >= 11 is 9.32. The minimum atomic E-state index is -0.186. The Labute approximate surface area is 124 Å². The van der Waals surface area contributed by atoms with Gasteiger partial charge in [-0.3, -0.25) is 4.79 Å². The number of ether oxygens (including phenoxy) is 1. The molecular weight excluding hydrogens is 330 g/mol. The maximum atomic E-state index is 12.0. The zero-order valence-electron chi connectivity index (χ0n) is 10.1. The summed E-state index contributed by atoms with van der Waals surface area (Å²) in [6.07, 6.45) is 0. The van der Waals surface area contributed by atoms with Gasteiger partial charge in [-0.15, -0.1) is 0 Å². The Kier molecular flexibility index (Phi) is 4.45. The molecule has 0 saturated heterocycles. The minimum Gasteiger partial charge on any atom is -0.495 e. The molecular formula is C14H11BrClNO2. The highest BCUT2D eigenvalue weighted by Crippen LogP contribution is 2.27. The molecule has 2 rings (SSSR count). The Morgan fingerprint density at radius 1 is 1.21 bits per heavy atom. The Morgan fingerprint density at radius 2 is 1.89 bits per heavy atom. The molecule has 0 aliphatic heterocycles. The van der Waals surface area contributed by atoms with E-state index in [2.05, 4.69) is 21.2 Å². The van der Waals surface area contributed by atoms with E-state index in [4.69, 9.17) is 16.3 Å². The molecule has 19 heavy (non-hydrogen) atoms. The van der Waals surface area contributed by atoms with Gasteiger partial charge in [0.2, 0.25) is 0 Å². The van der Waals surface area contributed by atoms with Gasteiger partial charge in [-0.1, -0.05) is 27.5 Å². The summed E-state index contributed by atoms with van der Waals surface area (Å²) in [5.74, 6) is 0.386. The largest absolute Gasteiger partial charge is 0.495 e. The van der Waals surface area contributed by atoms with Crippen LogP contribution in [-0.4, -0.2) is 13.0 Å². The summed E-state index contributed by atoms with van der Waals surface area (Å²) in [5.41, 5.74) is 1.20. The predicted molar refractivity (Wildman–Crippen MR) is 80.1 cm³/mol. The molecule has 3 nitrogen and oxygen atoms in total. The number of anilines is 1. The molecule has 0 radical (unpaired) electrons. The lowest BCUT2D eigenvalue weighted by Crippen LogP contribution is -2.11. The van der Waals surface area contributed by atoms with Gasteiger partial charge in [0.1, 0.15) is 5.75 Å². The second-order valence-electron chi connectivity index (χ2n) is 3.81. The zero-order valence-corrected chi connectivity index (χ0v) is 12.5. The molecule has 2 aromatic carbocycles. The molecule has 0 fully saturated rings. The third-order valence-corrected chi connectivity index (χ3v) is 3.34. The van der Waals surface area contributed by atoms with Crippen molar-refractivity contribution < 1.29 is 9.53 Å². The summed E-state index contributed by atoms with van der Waals surface area (Å²) < 4.78 is 5.98. The minimum absolute atomic E-state index is 0.186. The van der Waals surface area contributed by atoms with Crippen LogP contribution in [-0.2, 0) is 0 Å². The van der Waals surface area contributed by atoms with Crippen molar-refractivity contribution in [1.29, 1.82) is 0 Å². The van der Waals surface area contributed by atoms with Gasteiger partial charge in [0.05, 0.1) is 12.1 Å². The lowest BCUT2D eigenvalue weighted by atomic mass is 10.2. The average Bonchev–Trinajstić information content (AvgIpc) is 2.39. The molecule has 0 heterocycles. The number of carbonyl (C=O) groups is 1. The fourth-order valence-electron chi connectivity index (χ4n) is 1.55. The first-order chi connectivity index (χ1) is 9.10. The van der Waals surface area contributed by atoms with E-state index in [0.29, 0.717) is 22.0 Å². The second-order valence-corrected chi connectivity index (χ2v) is 5.13. The molecule has 0 atom stereocenters. The van der Waals surface area contributed by atoms with Crippen molar-refractivity contribution in [2.45, 2.75) is 0 Å². The summed E-state index contributed by atoms with van der Waals surface area (Å²) in [7, 11) is 1.54. The van der Waals surface area contributed by atoms with Crippen LogP contribution in [0.5, 0.6) is 5.75 Å². The molecule has 1 amide bonds. The first kappa shape index (κ1) is 13.9. The number of carbonyl (C=O) groups excluding carboxylic acids is 1. The van der Waals surface area contributed by atoms with Gasteiger partial charge >= 0.3 is 0 Å². The van der Waals surface area contributed by atoms with Crippen molar-refractivity contribution in [2.24, 2.45) is 0 Å². The Hall–Kier alpha value is -1.52. The Balaban J connectivity index is 2.14. The molecule has 0 spiro atoms. The van der Waals surface area contributed by atoms with Crippen LogP contribution in [0.3, 0.4) is 0 Å². The zero-order chi connectivity index (χ0) is 13.8. The number of rotatable bonds is 3. The van der Waals surface area contributed by atoms with Gasteiger partial charge in [0.15, 0.2) is 0 Å². The number of amides is 1. The topological polar surface area (TPSA) is 38.3 Å². The normalized spacial score (nSPS) is 10.1. The number of hydrogen-bond donors (Lipinski definition) is 1. The molecule has 0 aliphatic carbocycles. The van der Waals surface area contributed by atoms with Crippen molar-refractivity contribution in [3.8, 4) is 5.75 Å². The van der Waals surface area contributed by atoms with Crippen LogP contribution >= 0.6 is 27.5 Å². The third kappa shape index (κ3) is 3.49. The molecule has 1 N–H and O–H groups in total. The molecule has 0 unspecified atom stereocenters. The first-order valence-electron chi connectivity index (χ1n) is 5.50. The van der Waals surface area contributed by atoms with Gasteiger partial charge in [-0.25, -0.2) is 0 Å². The van der Waals surface area contributed by atoms with E-state index in [1.165, 1.54) is 0 Å². The number of halogens is 2. The van der Waals surface area contributed by atoms with Crippen LogP contribution in [0.15, 0.2) is 46.9 Å². The fourth-order valence-corrected chi connectivity index (χ4v) is 2.07. The van der Waals surface area contributed by atoms with Gasteiger partial charge in [0, 0.05) is 15.7 Å². The van der Waals surface area contributed by atoms with Crippen LogP contribution in [0.25, 0.3) is 0 Å². The predicted octanol–water partition coefficient (Wildman–Crippen LogP) is 4.36. The van der Waals surface area contributed by atoms with Crippen molar-refractivity contribution in [1.82, 2.24) is 0 Å². The lowest BCUT2D eigenvalue weighted by molar-refractivity contribution is 0.102. The van der Waals surface area contributed by atoms with E-state index in [1.807, 2.05) is 12.1 Å². The summed E-state index contributed by atoms with van der Waals surface area (Å²) in [4.78, 5) is 12.0. The Bertz CT molecular complexity index is 599. The highest BCUT2D eigenvalue weighted by Gasteiger charge is 2.07. The number of nitrogens with one attached hydrogen (secondary N) is 1. The van der Waals surface area contributed by atoms with Gasteiger partial charge < -0.3 is 10.1 Å². The van der Waals surface area contributed by atoms with E-state index in [0.717, 1.165) is 4.47 Å². The van der Waals surface area contributed by atoms with E-state index >= 15 is 0 Å². The quantitative estimate of drug-likeness (QED) is 0.901. The monoisotopic (exact) mass is 339 g/mol. The second kappa shape index (κ2) is 6.08. The van der Waals surface area contributed by atoms with Crippen LogP contribution in [0.2, 0.25) is 5.02 Å². The Morgan fingerprint density at radius 3 is 2.47 bits per heavy atom. The van der Waals surface area contributed by atoms with Crippen LogP contribution in [0, 0.1) is 0 Å². The number of methoxy groups -OCH3 is 1. The van der Waals surface area contributed by atoms with E-state index in [-0.39, 0.29) is 5.91 Å². The van der Waals surface area contributed by atoms with E-state index in [1.54, 1.807) is 37.4 Å². The van der Waals surface area contributed by atoms with Crippen molar-refractivity contribution in [3.63, 3.8) is 0 Å². The van der Waals surface area contributed by atoms with Gasteiger partial charge in [-0.05, 0) is 42.5 Å². The summed E-state index contributed by atoms with van der Waals surface area (Å²) in [5, 5.41) is 3.23. The van der Waals surface area contributed by atoms with Crippen LogP contribution < -0.4 is 10.1 Å². The standard InChI is InChI=1S/C14H11BrClNO2/c1-19-13-7-6-11(8-12(13)16)17-14(18)9-2-4-10(15)5-3-9/h2-8H,1H3,(H,17,18). The maximum absolute atomic E-state index is 12.0. The lowest BCUT2D eigenvalue weighted by Gasteiger charge is -2.08. The number of hydrogen-bond acceptors (Lipinski definition) is 2. The average molecular weight is 341 g/mol. The van der Waals surface area contributed by atoms with Crippen LogP contribution in [0.1, 0.15) is 10.4 Å². The molecule has 2 aromatic rings. The highest BCUT2D eigenvalue weighted by molar-refractivity contribution is 9.10. The molecule has 0 aromatic heterocycles. The molecule has 5 heteroatoms. The van der Waals surface area contributed by atoms with Crippen molar-refractivity contribution >= 4 is 39.1 Å². The molecule has 0 saturated carbocycles. The van der Waals surface area contributed by atoms with Crippen molar-refractivity contribution in [2.75, 3.05) is 12.4 Å². The summed E-state index contributed by atoms with van der Waals surface area (Å²) in [6.45, 7) is 0. The van der Waals surface area contributed by atoms with Gasteiger partial charge in [-0.2, -0.15) is 0 Å². The third-order valence-electron chi connectivity index (χ3n) is 2.52. The van der Waals surface area contributed by atoms with Crippen LogP contribution in [0.4, 0.5) is 5.69 Å². The van der Waals surface area contributed by atoms with E-state index in [9.17, 15) is 4.79 Å². The maximum Gasteiger partial charge on any atom is 0.255 e. The smallest absolute Gasteiger partial charge is 0.255 e. The van der Waals surface area contributed by atoms with Gasteiger partial charge in [0.25, 0.3) is 5.91 Å². The summed E-state index contributed by atoms with van der Waals surface area (Å²) in [6, 6.07) is 12.2. The molecule has 98 valence electrons. The molecule has 0 bridgehead atoms. The fraction of sp³-hybridized carbons (Fsp3) is 0.0714. The highest BCUT2D eigenvalue weighted by atomic mass is 79.9.